The van der Waals surface area contributed by atoms with Crippen molar-refractivity contribution in [3.63, 3.8) is 0 Å². The van der Waals surface area contributed by atoms with E-state index in [1.54, 1.807) is 24.9 Å². The zero-order valence-corrected chi connectivity index (χ0v) is 19.4. The average molecular weight is 449 g/mol. The molecule has 4 nitrogen and oxygen atoms in total. The first-order valence-corrected chi connectivity index (χ1v) is 13.2. The molecule has 0 aliphatic heterocycles. The number of hydrogen-bond acceptors (Lipinski definition) is 5. The molecule has 4 rings (SSSR count). The Morgan fingerprint density at radius 3 is 2.45 bits per heavy atom. The van der Waals surface area contributed by atoms with Gasteiger partial charge in [-0.15, -0.1) is 11.8 Å². The predicted octanol–water partition coefficient (Wildman–Crippen LogP) is 5.66. The summed E-state index contributed by atoms with van der Waals surface area (Å²) in [7, 11) is -3.10. The second-order valence-electron chi connectivity index (χ2n) is 7.73. The molecule has 0 N–H and O–H groups in total. The molecular formula is C25H24N2O2S2. The Morgan fingerprint density at radius 2 is 1.74 bits per heavy atom. The minimum absolute atomic E-state index is 0.443. The molecule has 1 unspecified atom stereocenters. The Bertz CT molecular complexity index is 1330. The van der Waals surface area contributed by atoms with E-state index in [2.05, 4.69) is 40.3 Å². The van der Waals surface area contributed by atoms with Crippen molar-refractivity contribution in [2.45, 2.75) is 23.6 Å². The molecule has 0 saturated heterocycles. The van der Waals surface area contributed by atoms with Gasteiger partial charge in [0, 0.05) is 35.2 Å². The summed E-state index contributed by atoms with van der Waals surface area (Å²) < 4.78 is 24.0. The highest BCUT2D eigenvalue weighted by Crippen LogP contribution is 2.32. The van der Waals surface area contributed by atoms with Gasteiger partial charge in [-0.2, -0.15) is 0 Å². The molecular weight excluding hydrogens is 424 g/mol. The molecule has 158 valence electrons. The highest BCUT2D eigenvalue weighted by atomic mass is 32.2. The van der Waals surface area contributed by atoms with E-state index in [-0.39, 0.29) is 0 Å². The number of rotatable bonds is 6. The van der Waals surface area contributed by atoms with Crippen molar-refractivity contribution in [1.82, 2.24) is 9.97 Å². The van der Waals surface area contributed by atoms with Gasteiger partial charge >= 0.3 is 0 Å². The number of nitrogens with zero attached hydrogens (tertiary/aromatic N) is 2. The van der Waals surface area contributed by atoms with Gasteiger partial charge in [-0.05, 0) is 66.6 Å². The first kappa shape index (κ1) is 21.5. The fourth-order valence-electron chi connectivity index (χ4n) is 3.61. The van der Waals surface area contributed by atoms with Crippen LogP contribution in [0.1, 0.15) is 12.5 Å². The third kappa shape index (κ3) is 4.81. The van der Waals surface area contributed by atoms with E-state index < -0.39 is 15.1 Å². The van der Waals surface area contributed by atoms with Crippen molar-refractivity contribution in [3.05, 3.63) is 78.6 Å². The smallest absolute Gasteiger partial charge is 0.150 e. The van der Waals surface area contributed by atoms with Crippen molar-refractivity contribution in [1.29, 1.82) is 0 Å². The number of hydrogen-bond donors (Lipinski definition) is 0. The number of aromatic nitrogens is 2. The van der Waals surface area contributed by atoms with Crippen LogP contribution in [0.4, 0.5) is 0 Å². The average Bonchev–Trinajstić information content (AvgIpc) is 2.78. The van der Waals surface area contributed by atoms with Crippen molar-refractivity contribution < 1.29 is 8.42 Å². The number of thioether (sulfide) groups is 1. The molecule has 0 saturated carbocycles. The molecule has 1 atom stereocenters. The van der Waals surface area contributed by atoms with Crippen molar-refractivity contribution in [2.24, 2.45) is 0 Å². The van der Waals surface area contributed by atoms with E-state index in [9.17, 15) is 8.42 Å². The minimum atomic E-state index is -3.10. The zero-order valence-electron chi connectivity index (χ0n) is 17.7. The second kappa shape index (κ2) is 8.81. The Labute approximate surface area is 187 Å². The van der Waals surface area contributed by atoms with E-state index in [1.165, 1.54) is 6.26 Å². The van der Waals surface area contributed by atoms with Gasteiger partial charge in [0.1, 0.15) is 9.84 Å². The zero-order chi connectivity index (χ0) is 22.0. The Balaban J connectivity index is 1.81. The van der Waals surface area contributed by atoms with Crippen LogP contribution in [0.5, 0.6) is 0 Å². The lowest BCUT2D eigenvalue weighted by Crippen LogP contribution is -2.18. The third-order valence-corrected chi connectivity index (χ3v) is 7.76. The second-order valence-corrected chi connectivity index (χ2v) is 11.0. The minimum Gasteiger partial charge on any atom is -0.256 e. The molecule has 0 spiro atoms. The molecule has 4 aromatic rings. The van der Waals surface area contributed by atoms with E-state index in [0.717, 1.165) is 43.7 Å². The molecule has 2 heterocycles. The maximum absolute atomic E-state index is 12.0. The summed E-state index contributed by atoms with van der Waals surface area (Å²) >= 11 is 1.62. The summed E-state index contributed by atoms with van der Waals surface area (Å²) in [5.41, 5.74) is 6.08. The Hall–Kier alpha value is -2.70. The third-order valence-electron chi connectivity index (χ3n) is 5.47. The molecule has 0 radical (unpaired) electrons. The van der Waals surface area contributed by atoms with Crippen molar-refractivity contribution in [3.8, 4) is 22.3 Å². The van der Waals surface area contributed by atoms with Crippen LogP contribution in [0.25, 0.3) is 33.2 Å². The summed E-state index contributed by atoms with van der Waals surface area (Å²) in [4.78, 5) is 9.11. The van der Waals surface area contributed by atoms with E-state index >= 15 is 0 Å². The maximum atomic E-state index is 12.0. The summed E-state index contributed by atoms with van der Waals surface area (Å²) in [5, 5.41) is 1.55. The predicted molar refractivity (Wildman–Crippen MR) is 130 cm³/mol. The molecule has 0 aliphatic carbocycles. The first-order valence-electron chi connectivity index (χ1n) is 10.0. The SMILES string of the molecule is CSc1ccc(-c2cccc(-c3cc(CC(C)S(C)(=O)=O)cc4cccnc34)c2)cn1. The monoisotopic (exact) mass is 448 g/mol. The molecule has 6 heteroatoms. The number of fused-ring (bicyclic) bond motifs is 1. The van der Waals surface area contributed by atoms with Gasteiger partial charge in [0.05, 0.1) is 15.8 Å². The van der Waals surface area contributed by atoms with Crippen LogP contribution in [0, 0.1) is 0 Å². The molecule has 0 fully saturated rings. The summed E-state index contributed by atoms with van der Waals surface area (Å²) in [6.45, 7) is 1.76. The number of benzene rings is 2. The van der Waals surface area contributed by atoms with Gasteiger partial charge in [-0.3, -0.25) is 4.98 Å². The summed E-state index contributed by atoms with van der Waals surface area (Å²) in [5.74, 6) is 0. The largest absolute Gasteiger partial charge is 0.256 e. The van der Waals surface area contributed by atoms with Gasteiger partial charge in [0.15, 0.2) is 0 Å². The lowest BCUT2D eigenvalue weighted by molar-refractivity contribution is 0.588. The fraction of sp³-hybridized carbons (Fsp3) is 0.200. The normalized spacial score (nSPS) is 12.7. The molecule has 0 aliphatic rings. The van der Waals surface area contributed by atoms with Crippen LogP contribution in [0.3, 0.4) is 0 Å². The van der Waals surface area contributed by atoms with Crippen molar-refractivity contribution in [2.75, 3.05) is 12.5 Å². The highest BCUT2D eigenvalue weighted by Gasteiger charge is 2.17. The van der Waals surface area contributed by atoms with Gasteiger partial charge in [-0.1, -0.05) is 30.3 Å². The summed E-state index contributed by atoms with van der Waals surface area (Å²) in [6, 6.07) is 20.5. The van der Waals surface area contributed by atoms with Crippen LogP contribution < -0.4 is 0 Å². The number of pyridine rings is 2. The van der Waals surface area contributed by atoms with Gasteiger partial charge in [0.25, 0.3) is 0 Å². The molecule has 2 aromatic heterocycles. The first-order chi connectivity index (χ1) is 14.8. The Kier molecular flexibility index (Phi) is 6.12. The molecule has 0 amide bonds. The van der Waals surface area contributed by atoms with Crippen LogP contribution in [0.15, 0.2) is 78.1 Å². The van der Waals surface area contributed by atoms with Crippen LogP contribution in [-0.2, 0) is 16.3 Å². The Morgan fingerprint density at radius 1 is 0.935 bits per heavy atom. The van der Waals surface area contributed by atoms with E-state index in [0.29, 0.717) is 6.42 Å². The molecule has 0 bridgehead atoms. The van der Waals surface area contributed by atoms with E-state index in [1.807, 2.05) is 42.8 Å². The quantitative estimate of drug-likeness (QED) is 0.356. The molecule has 31 heavy (non-hydrogen) atoms. The number of sulfone groups is 1. The van der Waals surface area contributed by atoms with Crippen molar-refractivity contribution >= 4 is 32.5 Å². The van der Waals surface area contributed by atoms with Crippen LogP contribution >= 0.6 is 11.8 Å². The van der Waals surface area contributed by atoms with Gasteiger partial charge < -0.3 is 0 Å². The topological polar surface area (TPSA) is 59.9 Å². The van der Waals surface area contributed by atoms with Crippen LogP contribution in [0.2, 0.25) is 0 Å². The maximum Gasteiger partial charge on any atom is 0.150 e. The van der Waals surface area contributed by atoms with Gasteiger partial charge in [0.2, 0.25) is 0 Å². The molecule has 2 aromatic carbocycles. The van der Waals surface area contributed by atoms with Crippen LogP contribution in [-0.4, -0.2) is 36.1 Å². The lowest BCUT2D eigenvalue weighted by Gasteiger charge is -2.14. The lowest BCUT2D eigenvalue weighted by atomic mass is 9.95. The van der Waals surface area contributed by atoms with E-state index in [4.69, 9.17) is 0 Å². The summed E-state index contributed by atoms with van der Waals surface area (Å²) in [6.07, 6.45) is 7.46. The fourth-order valence-corrected chi connectivity index (χ4v) is 4.47. The standard InChI is InChI=1S/C25H24N2O2S2/c1-17(31(3,28)29)12-18-13-21-8-5-11-26-25(21)23(14-18)20-7-4-6-19(15-20)22-9-10-24(30-2)27-16-22/h4-11,13-17H,12H2,1-3H3. The highest BCUT2D eigenvalue weighted by molar-refractivity contribution is 7.98. The van der Waals surface area contributed by atoms with Gasteiger partial charge in [-0.25, -0.2) is 13.4 Å².